The summed E-state index contributed by atoms with van der Waals surface area (Å²) in [5, 5.41) is 3.35. The van der Waals surface area contributed by atoms with Crippen molar-refractivity contribution in [2.75, 3.05) is 33.4 Å². The maximum atomic E-state index is 12.7. The molecule has 0 aromatic heterocycles. The lowest BCUT2D eigenvalue weighted by Gasteiger charge is -2.34. The van der Waals surface area contributed by atoms with Gasteiger partial charge in [-0.25, -0.2) is 0 Å². The first kappa shape index (κ1) is 12.8. The Morgan fingerprint density at radius 2 is 2.41 bits per heavy atom. The molecule has 98 valence electrons. The maximum absolute atomic E-state index is 12.7. The number of nitrogens with one attached hydrogen (secondary N) is 1. The van der Waals surface area contributed by atoms with Crippen LogP contribution in [0.5, 0.6) is 0 Å². The van der Waals surface area contributed by atoms with Crippen LogP contribution in [0.2, 0.25) is 0 Å². The summed E-state index contributed by atoms with van der Waals surface area (Å²) in [7, 11) is 1.94. The van der Waals surface area contributed by atoms with E-state index in [0.717, 1.165) is 45.4 Å². The van der Waals surface area contributed by atoms with E-state index < -0.39 is 0 Å². The van der Waals surface area contributed by atoms with E-state index in [1.165, 1.54) is 0 Å². The Kier molecular flexibility index (Phi) is 4.05. The van der Waals surface area contributed by atoms with Gasteiger partial charge >= 0.3 is 0 Å². The highest BCUT2D eigenvalue weighted by Gasteiger charge is 2.43. The van der Waals surface area contributed by atoms with Crippen molar-refractivity contribution >= 4 is 5.91 Å². The summed E-state index contributed by atoms with van der Waals surface area (Å²) in [6, 6.07) is 0.289. The standard InChI is InChI=1S/C13H24N2O2/c1-3-5-13(6-7-14-10-13)12(16)15(2)11-4-8-17-9-11/h11,14H,3-10H2,1-2H3. The largest absolute Gasteiger partial charge is 0.379 e. The van der Waals surface area contributed by atoms with Gasteiger partial charge in [0, 0.05) is 20.2 Å². The molecule has 1 amide bonds. The highest BCUT2D eigenvalue weighted by Crippen LogP contribution is 2.34. The van der Waals surface area contributed by atoms with Crippen LogP contribution in [0, 0.1) is 5.41 Å². The summed E-state index contributed by atoms with van der Waals surface area (Å²) < 4.78 is 5.37. The van der Waals surface area contributed by atoms with Crippen LogP contribution >= 0.6 is 0 Å². The van der Waals surface area contributed by atoms with Gasteiger partial charge in [0.15, 0.2) is 0 Å². The predicted octanol–water partition coefficient (Wildman–Crippen LogP) is 1.01. The summed E-state index contributed by atoms with van der Waals surface area (Å²) in [5.74, 6) is 0.319. The Balaban J connectivity index is 2.04. The monoisotopic (exact) mass is 240 g/mol. The Labute approximate surface area is 104 Å². The van der Waals surface area contributed by atoms with E-state index in [0.29, 0.717) is 12.5 Å². The van der Waals surface area contributed by atoms with Gasteiger partial charge in [0.2, 0.25) is 5.91 Å². The number of likely N-dealkylation sites (N-methyl/N-ethyl adjacent to an activating group) is 1. The molecule has 2 aliphatic rings. The molecular formula is C13H24N2O2. The van der Waals surface area contributed by atoms with Gasteiger partial charge in [-0.2, -0.15) is 0 Å². The zero-order valence-electron chi connectivity index (χ0n) is 11.0. The third-order valence-electron chi connectivity index (χ3n) is 4.20. The van der Waals surface area contributed by atoms with E-state index >= 15 is 0 Å². The minimum atomic E-state index is -0.147. The Morgan fingerprint density at radius 3 is 2.94 bits per heavy atom. The van der Waals surface area contributed by atoms with E-state index in [9.17, 15) is 4.79 Å². The average Bonchev–Trinajstić information content (AvgIpc) is 2.99. The minimum Gasteiger partial charge on any atom is -0.379 e. The van der Waals surface area contributed by atoms with Gasteiger partial charge in [-0.15, -0.1) is 0 Å². The molecule has 0 bridgehead atoms. The van der Waals surface area contributed by atoms with Gasteiger partial charge in [0.1, 0.15) is 0 Å². The smallest absolute Gasteiger partial charge is 0.230 e. The Hall–Kier alpha value is -0.610. The van der Waals surface area contributed by atoms with Crippen molar-refractivity contribution in [1.29, 1.82) is 0 Å². The van der Waals surface area contributed by atoms with Crippen molar-refractivity contribution < 1.29 is 9.53 Å². The fraction of sp³-hybridized carbons (Fsp3) is 0.923. The zero-order valence-corrected chi connectivity index (χ0v) is 11.0. The van der Waals surface area contributed by atoms with Crippen LogP contribution in [0.15, 0.2) is 0 Å². The molecule has 2 atom stereocenters. The second kappa shape index (κ2) is 5.36. The molecule has 17 heavy (non-hydrogen) atoms. The predicted molar refractivity (Wildman–Crippen MR) is 66.8 cm³/mol. The molecule has 2 heterocycles. The molecule has 0 saturated carbocycles. The summed E-state index contributed by atoms with van der Waals surface area (Å²) in [4.78, 5) is 14.6. The summed E-state index contributed by atoms with van der Waals surface area (Å²) >= 11 is 0. The topological polar surface area (TPSA) is 41.6 Å². The highest BCUT2D eigenvalue weighted by molar-refractivity contribution is 5.83. The van der Waals surface area contributed by atoms with Crippen molar-refractivity contribution in [1.82, 2.24) is 10.2 Å². The molecule has 0 aromatic rings. The molecule has 0 aromatic carbocycles. The van der Waals surface area contributed by atoms with Gasteiger partial charge in [-0.3, -0.25) is 4.79 Å². The van der Waals surface area contributed by atoms with Crippen molar-refractivity contribution in [3.63, 3.8) is 0 Å². The Morgan fingerprint density at radius 1 is 1.59 bits per heavy atom. The van der Waals surface area contributed by atoms with Gasteiger partial charge < -0.3 is 15.0 Å². The van der Waals surface area contributed by atoms with Crippen molar-refractivity contribution in [2.24, 2.45) is 5.41 Å². The molecule has 4 heteroatoms. The first-order chi connectivity index (χ1) is 8.19. The summed E-state index contributed by atoms with van der Waals surface area (Å²) in [6.45, 7) is 5.48. The number of carbonyl (C=O) groups excluding carboxylic acids is 1. The quantitative estimate of drug-likeness (QED) is 0.797. The van der Waals surface area contributed by atoms with E-state index in [-0.39, 0.29) is 11.5 Å². The third kappa shape index (κ3) is 2.47. The number of amides is 1. The van der Waals surface area contributed by atoms with Crippen LogP contribution in [0.4, 0.5) is 0 Å². The van der Waals surface area contributed by atoms with Gasteiger partial charge in [-0.1, -0.05) is 13.3 Å². The molecule has 4 nitrogen and oxygen atoms in total. The molecule has 0 spiro atoms. The minimum absolute atomic E-state index is 0.147. The number of hydrogen-bond donors (Lipinski definition) is 1. The number of carbonyl (C=O) groups is 1. The molecule has 2 aliphatic heterocycles. The van der Waals surface area contributed by atoms with Gasteiger partial charge in [-0.05, 0) is 25.8 Å². The lowest BCUT2D eigenvalue weighted by molar-refractivity contribution is -0.142. The lowest BCUT2D eigenvalue weighted by Crippen LogP contribution is -2.48. The first-order valence-corrected chi connectivity index (χ1v) is 6.75. The fourth-order valence-electron chi connectivity index (χ4n) is 3.09. The third-order valence-corrected chi connectivity index (χ3v) is 4.20. The van der Waals surface area contributed by atoms with Crippen LogP contribution < -0.4 is 5.32 Å². The van der Waals surface area contributed by atoms with Crippen molar-refractivity contribution in [2.45, 2.75) is 38.6 Å². The summed E-state index contributed by atoms with van der Waals surface area (Å²) in [6.07, 6.45) is 4.04. The normalized spacial score (nSPS) is 32.9. The van der Waals surface area contributed by atoms with Crippen LogP contribution in [-0.4, -0.2) is 50.2 Å². The van der Waals surface area contributed by atoms with Gasteiger partial charge in [0.25, 0.3) is 0 Å². The van der Waals surface area contributed by atoms with Crippen LogP contribution in [0.1, 0.15) is 32.6 Å². The van der Waals surface area contributed by atoms with E-state index in [2.05, 4.69) is 12.2 Å². The van der Waals surface area contributed by atoms with Crippen LogP contribution in [0.25, 0.3) is 0 Å². The Bertz CT molecular complexity index is 269. The molecule has 0 aliphatic carbocycles. The molecule has 1 N–H and O–H groups in total. The molecular weight excluding hydrogens is 216 g/mol. The maximum Gasteiger partial charge on any atom is 0.230 e. The molecule has 2 rings (SSSR count). The van der Waals surface area contributed by atoms with Crippen LogP contribution in [0.3, 0.4) is 0 Å². The lowest BCUT2D eigenvalue weighted by atomic mass is 9.81. The zero-order chi connectivity index (χ0) is 12.3. The number of ether oxygens (including phenoxy) is 1. The molecule has 2 saturated heterocycles. The second-order valence-corrected chi connectivity index (χ2v) is 5.39. The van der Waals surface area contributed by atoms with Crippen LogP contribution in [-0.2, 0) is 9.53 Å². The van der Waals surface area contributed by atoms with E-state index in [1.54, 1.807) is 0 Å². The van der Waals surface area contributed by atoms with Crippen molar-refractivity contribution in [3.8, 4) is 0 Å². The average molecular weight is 240 g/mol. The first-order valence-electron chi connectivity index (χ1n) is 6.75. The molecule has 2 unspecified atom stereocenters. The second-order valence-electron chi connectivity index (χ2n) is 5.39. The number of rotatable bonds is 4. The SMILES string of the molecule is CCCC1(C(=O)N(C)C2CCOC2)CCNC1. The van der Waals surface area contributed by atoms with E-state index in [4.69, 9.17) is 4.74 Å². The number of nitrogens with zero attached hydrogens (tertiary/aromatic N) is 1. The number of hydrogen-bond acceptors (Lipinski definition) is 3. The highest BCUT2D eigenvalue weighted by atomic mass is 16.5. The fourth-order valence-corrected chi connectivity index (χ4v) is 3.09. The van der Waals surface area contributed by atoms with Crippen molar-refractivity contribution in [3.05, 3.63) is 0 Å². The van der Waals surface area contributed by atoms with Gasteiger partial charge in [0.05, 0.1) is 18.1 Å². The summed E-state index contributed by atoms with van der Waals surface area (Å²) in [5.41, 5.74) is -0.147. The molecule has 2 fully saturated rings. The molecule has 0 radical (unpaired) electrons. The van der Waals surface area contributed by atoms with E-state index in [1.807, 2.05) is 11.9 Å².